The van der Waals surface area contributed by atoms with Crippen molar-refractivity contribution in [2.75, 3.05) is 26.2 Å². The maximum Gasteiger partial charge on any atom is 0.258 e. The molecule has 116 valence electrons. The van der Waals surface area contributed by atoms with Gasteiger partial charge in [-0.25, -0.2) is 4.98 Å². The second-order valence-corrected chi connectivity index (χ2v) is 5.05. The summed E-state index contributed by atoms with van der Waals surface area (Å²) in [4.78, 5) is 19.0. The van der Waals surface area contributed by atoms with Crippen molar-refractivity contribution in [2.24, 2.45) is 0 Å². The third-order valence-electron chi connectivity index (χ3n) is 3.46. The van der Waals surface area contributed by atoms with Crippen LogP contribution in [-0.2, 0) is 6.54 Å². The molecule has 3 rings (SSSR count). The van der Waals surface area contributed by atoms with E-state index in [1.165, 1.54) is 0 Å². The van der Waals surface area contributed by atoms with Crippen LogP contribution in [0, 0.1) is 6.92 Å². The zero-order valence-electron chi connectivity index (χ0n) is 11.9. The number of aromatic nitrogens is 2. The second-order valence-electron chi connectivity index (χ2n) is 5.05. The molecule has 1 fully saturated rings. The first-order valence-corrected chi connectivity index (χ1v) is 6.64. The van der Waals surface area contributed by atoms with Crippen LogP contribution >= 0.6 is 24.8 Å². The summed E-state index contributed by atoms with van der Waals surface area (Å²) >= 11 is 0. The molecule has 3 heterocycles. The zero-order chi connectivity index (χ0) is 13.2. The smallest absolute Gasteiger partial charge is 0.258 e. The molecule has 2 aromatic heterocycles. The van der Waals surface area contributed by atoms with Crippen molar-refractivity contribution in [3.05, 3.63) is 46.0 Å². The molecule has 7 heteroatoms. The van der Waals surface area contributed by atoms with Gasteiger partial charge >= 0.3 is 0 Å². The standard InChI is InChI=1S/C14H18N4O.2ClH/c1-11-2-3-13-16-12(8-14(19)18(13)9-11)10-17-6-4-15-5-7-17;;/h2-3,8-9,15H,4-7,10H2,1H3;2*1H. The van der Waals surface area contributed by atoms with Gasteiger partial charge in [0.05, 0.1) is 5.69 Å². The van der Waals surface area contributed by atoms with Crippen LogP contribution in [-0.4, -0.2) is 40.5 Å². The second kappa shape index (κ2) is 7.75. The summed E-state index contributed by atoms with van der Waals surface area (Å²) in [7, 11) is 0. The Bertz CT molecular complexity index is 653. The molecule has 1 aliphatic rings. The maximum atomic E-state index is 12.1. The summed E-state index contributed by atoms with van der Waals surface area (Å²) in [6.07, 6.45) is 1.83. The van der Waals surface area contributed by atoms with E-state index >= 15 is 0 Å². The van der Waals surface area contributed by atoms with E-state index in [1.807, 2.05) is 25.3 Å². The van der Waals surface area contributed by atoms with Gasteiger partial charge in [-0.3, -0.25) is 14.1 Å². The minimum absolute atomic E-state index is 0. The van der Waals surface area contributed by atoms with Crippen LogP contribution in [0.4, 0.5) is 0 Å². The van der Waals surface area contributed by atoms with Crippen LogP contribution in [0.25, 0.3) is 5.65 Å². The molecule has 5 nitrogen and oxygen atoms in total. The first kappa shape index (κ1) is 17.9. The van der Waals surface area contributed by atoms with Crippen LogP contribution in [0.3, 0.4) is 0 Å². The summed E-state index contributed by atoms with van der Waals surface area (Å²) in [6, 6.07) is 5.53. The number of nitrogens with one attached hydrogen (secondary N) is 1. The van der Waals surface area contributed by atoms with E-state index in [4.69, 9.17) is 0 Å². The van der Waals surface area contributed by atoms with Crippen LogP contribution in [0.15, 0.2) is 29.2 Å². The van der Waals surface area contributed by atoms with Gasteiger partial charge < -0.3 is 5.32 Å². The largest absolute Gasteiger partial charge is 0.314 e. The SMILES string of the molecule is Cc1ccc2nc(CN3CCNCC3)cc(=O)n2c1.Cl.Cl. The number of hydrogen-bond acceptors (Lipinski definition) is 4. The fraction of sp³-hybridized carbons (Fsp3) is 0.429. The van der Waals surface area contributed by atoms with E-state index in [-0.39, 0.29) is 30.4 Å². The van der Waals surface area contributed by atoms with Crippen molar-refractivity contribution in [2.45, 2.75) is 13.5 Å². The fourth-order valence-electron chi connectivity index (χ4n) is 2.44. The molecule has 0 aromatic carbocycles. The summed E-state index contributed by atoms with van der Waals surface area (Å²) in [5.74, 6) is 0. The average molecular weight is 331 g/mol. The van der Waals surface area contributed by atoms with Gasteiger partial charge in [0.2, 0.25) is 0 Å². The van der Waals surface area contributed by atoms with Crippen LogP contribution < -0.4 is 10.9 Å². The monoisotopic (exact) mass is 330 g/mol. The molecule has 0 amide bonds. The number of rotatable bonds is 2. The number of nitrogens with zero attached hydrogens (tertiary/aromatic N) is 3. The summed E-state index contributed by atoms with van der Waals surface area (Å²) in [5, 5.41) is 3.32. The highest BCUT2D eigenvalue weighted by atomic mass is 35.5. The first-order chi connectivity index (χ1) is 9.22. The first-order valence-electron chi connectivity index (χ1n) is 6.64. The molecule has 0 bridgehead atoms. The fourth-order valence-corrected chi connectivity index (χ4v) is 2.44. The summed E-state index contributed by atoms with van der Waals surface area (Å²) < 4.78 is 1.61. The van der Waals surface area contributed by atoms with Gasteiger partial charge in [0.1, 0.15) is 5.65 Å². The Labute approximate surface area is 136 Å². The number of pyridine rings is 1. The number of halogens is 2. The van der Waals surface area contributed by atoms with E-state index in [1.54, 1.807) is 10.5 Å². The number of aryl methyl sites for hydroxylation is 1. The van der Waals surface area contributed by atoms with Crippen molar-refractivity contribution < 1.29 is 0 Å². The Hall–Kier alpha value is -1.14. The number of hydrogen-bond donors (Lipinski definition) is 1. The topological polar surface area (TPSA) is 49.6 Å². The summed E-state index contributed by atoms with van der Waals surface area (Å²) in [6.45, 7) is 6.75. The van der Waals surface area contributed by atoms with E-state index in [2.05, 4.69) is 15.2 Å². The lowest BCUT2D eigenvalue weighted by atomic mass is 10.3. The average Bonchev–Trinajstić information content (AvgIpc) is 2.41. The van der Waals surface area contributed by atoms with Gasteiger partial charge in [-0.05, 0) is 18.6 Å². The van der Waals surface area contributed by atoms with Gasteiger partial charge in [-0.2, -0.15) is 0 Å². The highest BCUT2D eigenvalue weighted by Gasteiger charge is 2.11. The van der Waals surface area contributed by atoms with Gasteiger partial charge in [0, 0.05) is 45.0 Å². The van der Waals surface area contributed by atoms with Crippen molar-refractivity contribution in [1.82, 2.24) is 19.6 Å². The predicted molar refractivity (Wildman–Crippen MR) is 88.8 cm³/mol. The number of piperazine rings is 1. The van der Waals surface area contributed by atoms with E-state index in [0.29, 0.717) is 0 Å². The van der Waals surface area contributed by atoms with Crippen LogP contribution in [0.5, 0.6) is 0 Å². The molecular formula is C14H20Cl2N4O. The van der Waals surface area contributed by atoms with Gasteiger partial charge in [-0.15, -0.1) is 24.8 Å². The van der Waals surface area contributed by atoms with Crippen molar-refractivity contribution in [3.63, 3.8) is 0 Å². The number of fused-ring (bicyclic) bond motifs is 1. The minimum Gasteiger partial charge on any atom is -0.314 e. The lowest BCUT2D eigenvalue weighted by molar-refractivity contribution is 0.231. The van der Waals surface area contributed by atoms with Gasteiger partial charge in [0.15, 0.2) is 0 Å². The van der Waals surface area contributed by atoms with Gasteiger partial charge in [0.25, 0.3) is 5.56 Å². The van der Waals surface area contributed by atoms with E-state index in [9.17, 15) is 4.79 Å². The molecular weight excluding hydrogens is 311 g/mol. The van der Waals surface area contributed by atoms with E-state index in [0.717, 1.165) is 49.6 Å². The minimum atomic E-state index is -0.00108. The van der Waals surface area contributed by atoms with Crippen LogP contribution in [0.2, 0.25) is 0 Å². The normalized spacial score (nSPS) is 15.3. The van der Waals surface area contributed by atoms with Gasteiger partial charge in [-0.1, -0.05) is 6.07 Å². The molecule has 21 heavy (non-hydrogen) atoms. The molecule has 1 N–H and O–H groups in total. The lowest BCUT2D eigenvalue weighted by Gasteiger charge is -2.26. The Morgan fingerprint density at radius 1 is 1.24 bits per heavy atom. The Kier molecular flexibility index (Phi) is 6.61. The zero-order valence-corrected chi connectivity index (χ0v) is 13.5. The van der Waals surface area contributed by atoms with Crippen molar-refractivity contribution >= 4 is 30.5 Å². The molecule has 2 aromatic rings. The van der Waals surface area contributed by atoms with Crippen molar-refractivity contribution in [3.8, 4) is 0 Å². The van der Waals surface area contributed by atoms with E-state index < -0.39 is 0 Å². The Morgan fingerprint density at radius 3 is 2.67 bits per heavy atom. The Balaban J connectivity index is 0.00000110. The molecule has 1 aliphatic heterocycles. The molecule has 0 spiro atoms. The molecule has 1 saturated heterocycles. The molecule has 0 radical (unpaired) electrons. The quantitative estimate of drug-likeness (QED) is 0.900. The van der Waals surface area contributed by atoms with Crippen LogP contribution in [0.1, 0.15) is 11.3 Å². The Morgan fingerprint density at radius 2 is 1.95 bits per heavy atom. The van der Waals surface area contributed by atoms with Crippen molar-refractivity contribution in [1.29, 1.82) is 0 Å². The molecule has 0 atom stereocenters. The summed E-state index contributed by atoms with van der Waals surface area (Å²) in [5.41, 5.74) is 2.64. The molecule has 0 saturated carbocycles. The molecule has 0 aliphatic carbocycles. The maximum absolute atomic E-state index is 12.1. The highest BCUT2D eigenvalue weighted by molar-refractivity contribution is 5.85. The third-order valence-corrected chi connectivity index (χ3v) is 3.46. The predicted octanol–water partition coefficient (Wildman–Crippen LogP) is 1.25. The lowest BCUT2D eigenvalue weighted by Crippen LogP contribution is -2.43. The third kappa shape index (κ3) is 4.17. The highest BCUT2D eigenvalue weighted by Crippen LogP contribution is 2.05. The molecule has 0 unspecified atom stereocenters.